The van der Waals surface area contributed by atoms with Gasteiger partial charge in [0.25, 0.3) is 0 Å². The SMILES string of the molecule is Cc1nc(-c2cc(C(C)(C)C)ccc2C)c(C=O)s1. The Labute approximate surface area is 118 Å². The van der Waals surface area contributed by atoms with E-state index in [0.717, 1.165) is 28.1 Å². The summed E-state index contributed by atoms with van der Waals surface area (Å²) in [6, 6.07) is 6.43. The largest absolute Gasteiger partial charge is 0.297 e. The van der Waals surface area contributed by atoms with Gasteiger partial charge in [0.05, 0.1) is 15.6 Å². The average molecular weight is 273 g/mol. The molecule has 0 saturated heterocycles. The zero-order valence-electron chi connectivity index (χ0n) is 12.1. The van der Waals surface area contributed by atoms with E-state index in [4.69, 9.17) is 0 Å². The molecule has 0 fully saturated rings. The van der Waals surface area contributed by atoms with Crippen molar-refractivity contribution in [1.29, 1.82) is 0 Å². The monoisotopic (exact) mass is 273 g/mol. The summed E-state index contributed by atoms with van der Waals surface area (Å²) in [5, 5.41) is 0.928. The highest BCUT2D eigenvalue weighted by molar-refractivity contribution is 7.13. The number of aldehydes is 1. The number of hydrogen-bond donors (Lipinski definition) is 0. The molecule has 2 rings (SSSR count). The van der Waals surface area contributed by atoms with E-state index in [9.17, 15) is 4.79 Å². The van der Waals surface area contributed by atoms with Crippen LogP contribution in [0.1, 0.15) is 46.6 Å². The van der Waals surface area contributed by atoms with Gasteiger partial charge in [0.15, 0.2) is 6.29 Å². The van der Waals surface area contributed by atoms with Crippen LogP contribution in [-0.2, 0) is 5.41 Å². The van der Waals surface area contributed by atoms with Crippen molar-refractivity contribution in [3.8, 4) is 11.3 Å². The fourth-order valence-electron chi connectivity index (χ4n) is 2.06. The van der Waals surface area contributed by atoms with Crippen LogP contribution in [0, 0.1) is 13.8 Å². The molecule has 3 heteroatoms. The molecule has 1 aromatic carbocycles. The Morgan fingerprint density at radius 2 is 1.89 bits per heavy atom. The van der Waals surface area contributed by atoms with Gasteiger partial charge in [0.1, 0.15) is 0 Å². The third kappa shape index (κ3) is 2.76. The first-order chi connectivity index (χ1) is 8.82. The van der Waals surface area contributed by atoms with Crippen molar-refractivity contribution < 1.29 is 4.79 Å². The van der Waals surface area contributed by atoms with Gasteiger partial charge in [-0.3, -0.25) is 4.79 Å². The van der Waals surface area contributed by atoms with Crippen LogP contribution >= 0.6 is 11.3 Å². The highest BCUT2D eigenvalue weighted by Gasteiger charge is 2.18. The van der Waals surface area contributed by atoms with Crippen molar-refractivity contribution >= 4 is 17.6 Å². The van der Waals surface area contributed by atoms with Crippen LogP contribution in [0.4, 0.5) is 0 Å². The van der Waals surface area contributed by atoms with Crippen molar-refractivity contribution in [2.45, 2.75) is 40.0 Å². The van der Waals surface area contributed by atoms with E-state index < -0.39 is 0 Å². The smallest absolute Gasteiger partial charge is 0.162 e. The normalized spacial score (nSPS) is 11.6. The van der Waals surface area contributed by atoms with E-state index in [1.54, 1.807) is 0 Å². The molecule has 0 bridgehead atoms. The number of aromatic nitrogens is 1. The molecule has 100 valence electrons. The first kappa shape index (κ1) is 13.9. The maximum Gasteiger partial charge on any atom is 0.162 e. The summed E-state index contributed by atoms with van der Waals surface area (Å²) in [6.45, 7) is 10.6. The van der Waals surface area contributed by atoms with Crippen LogP contribution in [-0.4, -0.2) is 11.3 Å². The van der Waals surface area contributed by atoms with Gasteiger partial charge in [-0.2, -0.15) is 0 Å². The minimum atomic E-state index is 0.0921. The molecule has 0 N–H and O–H groups in total. The predicted octanol–water partition coefficient (Wildman–Crippen LogP) is 4.54. The van der Waals surface area contributed by atoms with E-state index >= 15 is 0 Å². The standard InChI is InChI=1S/C16H19NOS/c1-10-6-7-12(16(3,4)5)8-13(10)15-14(9-18)19-11(2)17-15/h6-9H,1-5H3. The Morgan fingerprint density at radius 3 is 2.47 bits per heavy atom. The number of benzene rings is 1. The Bertz CT molecular complexity index is 620. The Morgan fingerprint density at radius 1 is 1.21 bits per heavy atom. The van der Waals surface area contributed by atoms with Gasteiger partial charge in [-0.1, -0.05) is 32.9 Å². The predicted molar refractivity (Wildman–Crippen MR) is 81.1 cm³/mol. The fourth-order valence-corrected chi connectivity index (χ4v) is 2.81. The van der Waals surface area contributed by atoms with Gasteiger partial charge in [-0.05, 0) is 36.5 Å². The quantitative estimate of drug-likeness (QED) is 0.752. The second-order valence-corrected chi connectivity index (χ2v) is 7.08. The number of nitrogens with zero attached hydrogens (tertiary/aromatic N) is 1. The first-order valence-corrected chi connectivity index (χ1v) is 7.18. The van der Waals surface area contributed by atoms with Crippen LogP contribution in [0.25, 0.3) is 11.3 Å². The fraction of sp³-hybridized carbons (Fsp3) is 0.375. The highest BCUT2D eigenvalue weighted by atomic mass is 32.1. The van der Waals surface area contributed by atoms with Gasteiger partial charge < -0.3 is 0 Å². The topological polar surface area (TPSA) is 30.0 Å². The molecule has 1 heterocycles. The molecule has 19 heavy (non-hydrogen) atoms. The van der Waals surface area contributed by atoms with Crippen LogP contribution in [0.3, 0.4) is 0 Å². The molecule has 0 aliphatic rings. The van der Waals surface area contributed by atoms with Gasteiger partial charge in [0.2, 0.25) is 0 Å². The lowest BCUT2D eigenvalue weighted by molar-refractivity contribution is 0.112. The number of hydrogen-bond acceptors (Lipinski definition) is 3. The van der Waals surface area contributed by atoms with E-state index in [1.807, 2.05) is 6.92 Å². The molecule has 0 radical (unpaired) electrons. The van der Waals surface area contributed by atoms with E-state index in [-0.39, 0.29) is 5.41 Å². The summed E-state index contributed by atoms with van der Waals surface area (Å²) in [6.07, 6.45) is 0.906. The van der Waals surface area contributed by atoms with Gasteiger partial charge in [0, 0.05) is 5.56 Å². The molecular weight excluding hydrogens is 254 g/mol. The van der Waals surface area contributed by atoms with Crippen molar-refractivity contribution in [2.24, 2.45) is 0 Å². The number of rotatable bonds is 2. The molecular formula is C16H19NOS. The molecule has 2 nitrogen and oxygen atoms in total. The number of carbonyl (C=O) groups is 1. The molecule has 1 aromatic heterocycles. The second kappa shape index (κ2) is 4.89. The summed E-state index contributed by atoms with van der Waals surface area (Å²) in [4.78, 5) is 16.4. The van der Waals surface area contributed by atoms with Crippen molar-refractivity contribution in [1.82, 2.24) is 4.98 Å². The second-order valence-electron chi connectivity index (χ2n) is 5.84. The van der Waals surface area contributed by atoms with Crippen molar-refractivity contribution in [3.63, 3.8) is 0 Å². The maximum absolute atomic E-state index is 11.2. The van der Waals surface area contributed by atoms with Crippen LogP contribution < -0.4 is 0 Å². The minimum absolute atomic E-state index is 0.0921. The lowest BCUT2D eigenvalue weighted by atomic mass is 9.85. The van der Waals surface area contributed by atoms with Gasteiger partial charge in [-0.25, -0.2) is 4.98 Å². The zero-order valence-corrected chi connectivity index (χ0v) is 12.9. The molecule has 0 spiro atoms. The Hall–Kier alpha value is -1.48. The molecule has 0 atom stereocenters. The van der Waals surface area contributed by atoms with Crippen molar-refractivity contribution in [2.75, 3.05) is 0 Å². The van der Waals surface area contributed by atoms with Crippen LogP contribution in [0.5, 0.6) is 0 Å². The molecule has 0 aliphatic carbocycles. The van der Waals surface area contributed by atoms with Crippen molar-refractivity contribution in [3.05, 3.63) is 39.2 Å². The lowest BCUT2D eigenvalue weighted by Gasteiger charge is -2.20. The summed E-state index contributed by atoms with van der Waals surface area (Å²) in [5.41, 5.74) is 4.39. The Kier molecular flexibility index (Phi) is 3.59. The van der Waals surface area contributed by atoms with E-state index in [2.05, 4.69) is 50.9 Å². The van der Waals surface area contributed by atoms with E-state index in [1.165, 1.54) is 16.9 Å². The molecule has 0 saturated carbocycles. The van der Waals surface area contributed by atoms with Crippen LogP contribution in [0.15, 0.2) is 18.2 Å². The number of carbonyl (C=O) groups excluding carboxylic acids is 1. The number of thiazole rings is 1. The maximum atomic E-state index is 11.2. The Balaban J connectivity index is 2.64. The minimum Gasteiger partial charge on any atom is -0.297 e. The zero-order chi connectivity index (χ0) is 14.2. The summed E-state index contributed by atoms with van der Waals surface area (Å²) >= 11 is 1.45. The summed E-state index contributed by atoms with van der Waals surface area (Å²) in [7, 11) is 0. The molecule has 0 unspecified atom stereocenters. The third-order valence-electron chi connectivity index (χ3n) is 3.23. The number of aryl methyl sites for hydroxylation is 2. The van der Waals surface area contributed by atoms with Gasteiger partial charge >= 0.3 is 0 Å². The van der Waals surface area contributed by atoms with Gasteiger partial charge in [-0.15, -0.1) is 11.3 Å². The lowest BCUT2D eigenvalue weighted by Crippen LogP contribution is -2.11. The molecule has 2 aromatic rings. The first-order valence-electron chi connectivity index (χ1n) is 6.37. The average Bonchev–Trinajstić information content (AvgIpc) is 2.69. The van der Waals surface area contributed by atoms with E-state index in [0.29, 0.717) is 4.88 Å². The summed E-state index contributed by atoms with van der Waals surface area (Å²) in [5.74, 6) is 0. The molecule has 0 aliphatic heterocycles. The summed E-state index contributed by atoms with van der Waals surface area (Å²) < 4.78 is 0. The third-order valence-corrected chi connectivity index (χ3v) is 4.12. The molecule has 0 amide bonds. The van der Waals surface area contributed by atoms with Crippen LogP contribution in [0.2, 0.25) is 0 Å². The highest BCUT2D eigenvalue weighted by Crippen LogP contribution is 2.33.